The summed E-state index contributed by atoms with van der Waals surface area (Å²) in [6.45, 7) is 4.99. The van der Waals surface area contributed by atoms with Crippen molar-refractivity contribution in [3.05, 3.63) is 46.8 Å². The fourth-order valence-corrected chi connectivity index (χ4v) is 3.51. The van der Waals surface area contributed by atoms with Gasteiger partial charge in [-0.15, -0.1) is 0 Å². The minimum absolute atomic E-state index is 0.0659. The number of fused-ring (bicyclic) bond motifs is 1. The van der Waals surface area contributed by atoms with Crippen molar-refractivity contribution in [1.82, 2.24) is 15.1 Å². The van der Waals surface area contributed by atoms with Gasteiger partial charge in [0.2, 0.25) is 0 Å². The van der Waals surface area contributed by atoms with Crippen molar-refractivity contribution in [2.75, 3.05) is 13.1 Å². The van der Waals surface area contributed by atoms with Crippen LogP contribution in [0.2, 0.25) is 0 Å². The van der Waals surface area contributed by atoms with Crippen LogP contribution in [0, 0.1) is 11.3 Å². The second-order valence-electron chi connectivity index (χ2n) is 6.85. The van der Waals surface area contributed by atoms with Crippen LogP contribution in [-0.2, 0) is 11.2 Å². The number of nitrogens with one attached hydrogen (secondary N) is 1. The van der Waals surface area contributed by atoms with Crippen LogP contribution in [0.15, 0.2) is 24.3 Å². The zero-order valence-corrected chi connectivity index (χ0v) is 14.7. The molecular weight excluding hydrogens is 332 g/mol. The first kappa shape index (κ1) is 16.6. The molecule has 3 heterocycles. The first-order valence-electron chi connectivity index (χ1n) is 8.74. The van der Waals surface area contributed by atoms with E-state index in [2.05, 4.69) is 16.3 Å². The minimum Gasteiger partial charge on any atom is -0.487 e. The number of hydrogen-bond acceptors (Lipinski definition) is 5. The molecule has 26 heavy (non-hydrogen) atoms. The highest BCUT2D eigenvalue weighted by Gasteiger charge is 2.37. The zero-order valence-electron chi connectivity index (χ0n) is 14.7. The first-order chi connectivity index (χ1) is 12.5. The van der Waals surface area contributed by atoms with Crippen LogP contribution in [-0.4, -0.2) is 46.3 Å². The number of aromatic amines is 1. The summed E-state index contributed by atoms with van der Waals surface area (Å²) >= 11 is 0. The molecule has 1 aromatic heterocycles. The Morgan fingerprint density at radius 2 is 2.23 bits per heavy atom. The highest BCUT2D eigenvalue weighted by Crippen LogP contribution is 2.31. The molecule has 2 atom stereocenters. The van der Waals surface area contributed by atoms with Gasteiger partial charge in [-0.2, -0.15) is 10.4 Å². The molecule has 1 amide bonds. The van der Waals surface area contributed by atoms with Crippen LogP contribution in [0.4, 0.5) is 0 Å². The normalized spacial score (nSPS) is 22.3. The van der Waals surface area contributed by atoms with Gasteiger partial charge >= 0.3 is 0 Å². The van der Waals surface area contributed by atoms with Gasteiger partial charge in [0.1, 0.15) is 11.9 Å². The summed E-state index contributed by atoms with van der Waals surface area (Å²) in [6.07, 6.45) is 0.611. The van der Waals surface area contributed by atoms with Crippen molar-refractivity contribution in [2.45, 2.75) is 38.6 Å². The van der Waals surface area contributed by atoms with E-state index < -0.39 is 0 Å². The van der Waals surface area contributed by atoms with Crippen molar-refractivity contribution in [2.24, 2.45) is 0 Å². The van der Waals surface area contributed by atoms with Crippen molar-refractivity contribution >= 4 is 5.91 Å². The number of nitrogens with zero attached hydrogens (tertiary/aromatic N) is 3. The molecule has 1 aromatic carbocycles. The number of amides is 1. The van der Waals surface area contributed by atoms with Gasteiger partial charge in [-0.05, 0) is 32.0 Å². The Kier molecular flexibility index (Phi) is 4.13. The number of benzene rings is 1. The summed E-state index contributed by atoms with van der Waals surface area (Å²) < 4.78 is 11.6. The second-order valence-corrected chi connectivity index (χ2v) is 6.85. The Labute approximate surface area is 151 Å². The lowest BCUT2D eigenvalue weighted by Crippen LogP contribution is -2.56. The molecular formula is C19H20N4O3. The Balaban J connectivity index is 1.40. The van der Waals surface area contributed by atoms with Crippen molar-refractivity contribution in [1.29, 1.82) is 5.26 Å². The fourth-order valence-electron chi connectivity index (χ4n) is 3.51. The molecule has 7 heteroatoms. The maximum absolute atomic E-state index is 12.8. The fraction of sp³-hybridized carbons (Fsp3) is 0.421. The summed E-state index contributed by atoms with van der Waals surface area (Å²) in [4.78, 5) is 14.5. The molecule has 1 N–H and O–H groups in total. The molecule has 134 valence electrons. The van der Waals surface area contributed by atoms with Crippen molar-refractivity contribution < 1.29 is 14.3 Å². The maximum atomic E-state index is 12.8. The number of hydrogen-bond donors (Lipinski definition) is 1. The molecule has 0 aliphatic carbocycles. The van der Waals surface area contributed by atoms with E-state index in [1.54, 1.807) is 23.1 Å². The van der Waals surface area contributed by atoms with Crippen LogP contribution in [0.5, 0.6) is 5.75 Å². The molecule has 2 aliphatic heterocycles. The first-order valence-corrected chi connectivity index (χ1v) is 8.74. The molecule has 0 radical (unpaired) electrons. The maximum Gasteiger partial charge on any atom is 0.274 e. The van der Waals surface area contributed by atoms with Gasteiger partial charge in [-0.1, -0.05) is 6.07 Å². The number of ether oxygens (including phenoxy) is 2. The van der Waals surface area contributed by atoms with Gasteiger partial charge in [0, 0.05) is 12.0 Å². The Bertz CT molecular complexity index is 879. The summed E-state index contributed by atoms with van der Waals surface area (Å²) in [5, 5.41) is 16.1. The molecule has 2 aromatic rings. The highest BCUT2D eigenvalue weighted by molar-refractivity contribution is 5.94. The van der Waals surface area contributed by atoms with Crippen LogP contribution >= 0.6 is 0 Å². The monoisotopic (exact) mass is 352 g/mol. The number of carbonyl (C=O) groups excluding carboxylic acids is 1. The predicted molar refractivity (Wildman–Crippen MR) is 92.7 cm³/mol. The molecule has 1 fully saturated rings. The predicted octanol–water partition coefficient (Wildman–Crippen LogP) is 2.21. The van der Waals surface area contributed by atoms with Crippen molar-refractivity contribution in [3.63, 3.8) is 0 Å². The number of likely N-dealkylation sites (tertiary alicyclic amines) is 1. The second kappa shape index (κ2) is 6.46. The summed E-state index contributed by atoms with van der Waals surface area (Å²) in [7, 11) is 0. The van der Waals surface area contributed by atoms with Gasteiger partial charge in [-0.3, -0.25) is 9.89 Å². The van der Waals surface area contributed by atoms with Gasteiger partial charge < -0.3 is 14.4 Å². The van der Waals surface area contributed by atoms with E-state index >= 15 is 0 Å². The van der Waals surface area contributed by atoms with Crippen molar-refractivity contribution in [3.8, 4) is 11.8 Å². The molecule has 0 bridgehead atoms. The summed E-state index contributed by atoms with van der Waals surface area (Å²) in [5.74, 6) is 0.576. The highest BCUT2D eigenvalue weighted by atomic mass is 16.5. The van der Waals surface area contributed by atoms with Crippen LogP contribution in [0.25, 0.3) is 0 Å². The third kappa shape index (κ3) is 2.93. The minimum atomic E-state index is -0.0808. The van der Waals surface area contributed by atoms with E-state index in [1.165, 1.54) is 0 Å². The van der Waals surface area contributed by atoms with Gasteiger partial charge in [-0.25, -0.2) is 0 Å². The number of carbonyl (C=O) groups is 1. The van der Waals surface area contributed by atoms with E-state index in [4.69, 9.17) is 14.7 Å². The number of rotatable bonds is 3. The molecule has 0 saturated carbocycles. The van der Waals surface area contributed by atoms with Crippen LogP contribution < -0.4 is 4.74 Å². The van der Waals surface area contributed by atoms with Crippen LogP contribution in [0.1, 0.15) is 47.3 Å². The number of nitriles is 1. The van der Waals surface area contributed by atoms with E-state index in [1.807, 2.05) is 19.9 Å². The average Bonchev–Trinajstić information content (AvgIpc) is 3.01. The molecule has 0 unspecified atom stereocenters. The smallest absolute Gasteiger partial charge is 0.274 e. The SMILES string of the molecule is C[C@@H]1Cc2c(C(=O)N3CC(Oc4cccc(C#N)c4)C3)n[nH]c2[C@H](C)O1. The van der Waals surface area contributed by atoms with Gasteiger partial charge in [0.25, 0.3) is 5.91 Å². The molecule has 7 nitrogen and oxygen atoms in total. The Morgan fingerprint density at radius 3 is 3.00 bits per heavy atom. The topological polar surface area (TPSA) is 91.2 Å². The third-order valence-electron chi connectivity index (χ3n) is 4.84. The molecule has 2 aliphatic rings. The standard InChI is InChI=1S/C19H20N4O3/c1-11-6-16-17(12(2)25-11)21-22-18(16)19(24)23-9-15(10-23)26-14-5-3-4-13(7-14)8-20/h3-5,7,11-12,15H,6,9-10H2,1-2H3,(H,21,22)/t11-,12+/m1/s1. The summed E-state index contributed by atoms with van der Waals surface area (Å²) in [5.41, 5.74) is 2.91. The quantitative estimate of drug-likeness (QED) is 0.914. The van der Waals surface area contributed by atoms with Crippen LogP contribution in [0.3, 0.4) is 0 Å². The Hall–Kier alpha value is -2.85. The molecule has 0 spiro atoms. The lowest BCUT2D eigenvalue weighted by molar-refractivity contribution is -0.00730. The van der Waals surface area contributed by atoms with E-state index in [-0.39, 0.29) is 24.2 Å². The average molecular weight is 352 g/mol. The van der Waals surface area contributed by atoms with E-state index in [0.717, 1.165) is 11.3 Å². The van der Waals surface area contributed by atoms with Gasteiger partial charge in [0.05, 0.1) is 42.6 Å². The van der Waals surface area contributed by atoms with E-state index in [0.29, 0.717) is 36.5 Å². The largest absolute Gasteiger partial charge is 0.487 e. The van der Waals surface area contributed by atoms with Gasteiger partial charge in [0.15, 0.2) is 5.69 Å². The van der Waals surface area contributed by atoms with E-state index in [9.17, 15) is 4.79 Å². The summed E-state index contributed by atoms with van der Waals surface area (Å²) in [6, 6.07) is 9.13. The number of H-pyrrole nitrogens is 1. The lowest BCUT2D eigenvalue weighted by atomic mass is 9.98. The zero-order chi connectivity index (χ0) is 18.3. The lowest BCUT2D eigenvalue weighted by Gasteiger charge is -2.38. The molecule has 4 rings (SSSR count). The third-order valence-corrected chi connectivity index (χ3v) is 4.84. The molecule has 1 saturated heterocycles. The Morgan fingerprint density at radius 1 is 1.42 bits per heavy atom. The number of aromatic nitrogens is 2.